The summed E-state index contributed by atoms with van der Waals surface area (Å²) in [7, 11) is 3.91. The number of likely N-dealkylation sites (N-methyl/N-ethyl adjacent to an activating group) is 1. The SMILES string of the molecule is CN(C)[C@H](CNC(=O)[C@@H]1C[C@]1(C)c1ccccc1)Cc1ccc(C(=O)NC2CC2)c(F)c1. The molecule has 32 heavy (non-hydrogen) atoms. The van der Waals surface area contributed by atoms with E-state index < -0.39 is 5.82 Å². The highest BCUT2D eigenvalue weighted by atomic mass is 19.1. The highest BCUT2D eigenvalue weighted by molar-refractivity contribution is 5.94. The van der Waals surface area contributed by atoms with Gasteiger partial charge in [-0.25, -0.2) is 4.39 Å². The molecule has 0 radical (unpaired) electrons. The van der Waals surface area contributed by atoms with Crippen LogP contribution in [-0.2, 0) is 16.6 Å². The van der Waals surface area contributed by atoms with Gasteiger partial charge in [0.1, 0.15) is 5.82 Å². The Morgan fingerprint density at radius 3 is 2.50 bits per heavy atom. The number of halogens is 1. The molecule has 2 N–H and O–H groups in total. The number of carbonyl (C=O) groups is 2. The molecule has 170 valence electrons. The Hall–Kier alpha value is -2.73. The number of nitrogens with zero attached hydrogens (tertiary/aromatic N) is 1. The minimum absolute atomic E-state index is 0.0191. The lowest BCUT2D eigenvalue weighted by atomic mass is 9.95. The van der Waals surface area contributed by atoms with Gasteiger partial charge in [0.25, 0.3) is 5.91 Å². The van der Waals surface area contributed by atoms with Crippen molar-refractivity contribution in [3.05, 3.63) is 71.0 Å². The van der Waals surface area contributed by atoms with Crippen molar-refractivity contribution >= 4 is 11.8 Å². The van der Waals surface area contributed by atoms with Crippen LogP contribution in [0.25, 0.3) is 0 Å². The summed E-state index contributed by atoms with van der Waals surface area (Å²) in [5.74, 6) is -0.798. The quantitative estimate of drug-likeness (QED) is 0.633. The summed E-state index contributed by atoms with van der Waals surface area (Å²) < 4.78 is 14.6. The second-order valence-electron chi connectivity index (χ2n) is 9.67. The summed E-state index contributed by atoms with van der Waals surface area (Å²) in [4.78, 5) is 27.0. The van der Waals surface area contributed by atoms with E-state index >= 15 is 0 Å². The van der Waals surface area contributed by atoms with E-state index in [1.807, 2.05) is 37.2 Å². The normalized spacial score (nSPS) is 23.0. The largest absolute Gasteiger partial charge is 0.354 e. The molecule has 2 aliphatic carbocycles. The Morgan fingerprint density at radius 2 is 1.88 bits per heavy atom. The maximum absolute atomic E-state index is 14.6. The monoisotopic (exact) mass is 437 g/mol. The molecule has 2 aliphatic rings. The van der Waals surface area contributed by atoms with Crippen molar-refractivity contribution in [2.24, 2.45) is 5.92 Å². The van der Waals surface area contributed by atoms with Crippen LogP contribution in [-0.4, -0.2) is 49.4 Å². The molecule has 0 heterocycles. The van der Waals surface area contributed by atoms with Gasteiger partial charge in [-0.1, -0.05) is 43.3 Å². The van der Waals surface area contributed by atoms with Gasteiger partial charge in [-0.15, -0.1) is 0 Å². The lowest BCUT2D eigenvalue weighted by molar-refractivity contribution is -0.122. The number of rotatable bonds is 9. The van der Waals surface area contributed by atoms with Crippen LogP contribution in [0.3, 0.4) is 0 Å². The second kappa shape index (κ2) is 9.02. The first kappa shape index (κ1) is 22.5. The smallest absolute Gasteiger partial charge is 0.254 e. The lowest BCUT2D eigenvalue weighted by Gasteiger charge is -2.25. The molecule has 0 aliphatic heterocycles. The fraction of sp³-hybridized carbons (Fsp3) is 0.462. The molecule has 2 aromatic rings. The summed E-state index contributed by atoms with van der Waals surface area (Å²) >= 11 is 0. The molecule has 2 aromatic carbocycles. The molecule has 4 rings (SSSR count). The number of amides is 2. The van der Waals surface area contributed by atoms with Crippen LogP contribution in [0, 0.1) is 11.7 Å². The highest BCUT2D eigenvalue weighted by Crippen LogP contribution is 2.53. The fourth-order valence-electron chi connectivity index (χ4n) is 4.30. The van der Waals surface area contributed by atoms with E-state index in [1.165, 1.54) is 11.6 Å². The lowest BCUT2D eigenvalue weighted by Crippen LogP contribution is -2.42. The van der Waals surface area contributed by atoms with Gasteiger partial charge in [-0.05, 0) is 63.0 Å². The fourth-order valence-corrected chi connectivity index (χ4v) is 4.30. The molecular formula is C26H32FN3O2. The molecule has 0 spiro atoms. The van der Waals surface area contributed by atoms with E-state index in [4.69, 9.17) is 0 Å². The molecule has 0 unspecified atom stereocenters. The number of carbonyl (C=O) groups excluding carboxylic acids is 2. The third kappa shape index (κ3) is 5.01. The van der Waals surface area contributed by atoms with E-state index in [-0.39, 0.29) is 40.8 Å². The molecule has 2 saturated carbocycles. The van der Waals surface area contributed by atoms with E-state index in [0.29, 0.717) is 13.0 Å². The zero-order valence-electron chi connectivity index (χ0n) is 19.0. The van der Waals surface area contributed by atoms with Crippen LogP contribution < -0.4 is 10.6 Å². The van der Waals surface area contributed by atoms with Crippen molar-refractivity contribution < 1.29 is 14.0 Å². The number of hydrogen-bond acceptors (Lipinski definition) is 3. The summed E-state index contributed by atoms with van der Waals surface area (Å²) in [6.07, 6.45) is 3.36. The van der Waals surface area contributed by atoms with Gasteiger partial charge >= 0.3 is 0 Å². The predicted octanol–water partition coefficient (Wildman–Crippen LogP) is 3.28. The molecule has 2 fully saturated rings. The van der Waals surface area contributed by atoms with Crippen molar-refractivity contribution in [3.63, 3.8) is 0 Å². The zero-order chi connectivity index (χ0) is 22.9. The van der Waals surface area contributed by atoms with Crippen LogP contribution in [0.15, 0.2) is 48.5 Å². The maximum Gasteiger partial charge on any atom is 0.254 e. The molecule has 5 nitrogen and oxygen atoms in total. The molecule has 6 heteroatoms. The average molecular weight is 438 g/mol. The summed E-state index contributed by atoms with van der Waals surface area (Å²) in [5, 5.41) is 5.93. The van der Waals surface area contributed by atoms with E-state index in [2.05, 4.69) is 29.7 Å². The van der Waals surface area contributed by atoms with Crippen LogP contribution in [0.1, 0.15) is 47.7 Å². The van der Waals surface area contributed by atoms with Crippen molar-refractivity contribution in [2.75, 3.05) is 20.6 Å². The number of nitrogens with one attached hydrogen (secondary N) is 2. The summed E-state index contributed by atoms with van der Waals surface area (Å²) in [6, 6.07) is 15.2. The second-order valence-corrected chi connectivity index (χ2v) is 9.67. The molecule has 2 amide bonds. The van der Waals surface area contributed by atoms with Gasteiger partial charge < -0.3 is 15.5 Å². The topological polar surface area (TPSA) is 61.4 Å². The average Bonchev–Trinajstić information content (AvgIpc) is 3.69. The first-order valence-corrected chi connectivity index (χ1v) is 11.4. The Balaban J connectivity index is 1.34. The van der Waals surface area contributed by atoms with Crippen LogP contribution in [0.4, 0.5) is 4.39 Å². The minimum Gasteiger partial charge on any atom is -0.354 e. The van der Waals surface area contributed by atoms with Crippen molar-refractivity contribution in [3.8, 4) is 0 Å². The Bertz CT molecular complexity index is 990. The summed E-state index contributed by atoms with van der Waals surface area (Å²) in [5.41, 5.74) is 1.99. The predicted molar refractivity (Wildman–Crippen MR) is 123 cm³/mol. The molecule has 0 saturated heterocycles. The maximum atomic E-state index is 14.6. The van der Waals surface area contributed by atoms with Gasteiger partial charge in [-0.3, -0.25) is 9.59 Å². The standard InChI is InChI=1S/C26H32FN3O2/c1-26(18-7-5-4-6-8-18)15-22(26)25(32)28-16-20(30(2)3)13-17-9-12-21(23(27)14-17)24(31)29-19-10-11-19/h4-9,12,14,19-20,22H,10-11,13,15-16H2,1-3H3,(H,28,32)(H,29,31)/t20-,22-,26+/m0/s1. The Kier molecular flexibility index (Phi) is 6.33. The summed E-state index contributed by atoms with van der Waals surface area (Å²) in [6.45, 7) is 2.62. The van der Waals surface area contributed by atoms with Crippen LogP contribution >= 0.6 is 0 Å². The van der Waals surface area contributed by atoms with Gasteiger partial charge in [0.15, 0.2) is 0 Å². The van der Waals surface area contributed by atoms with Crippen LogP contribution in [0.2, 0.25) is 0 Å². The Labute approximate surface area is 189 Å². The van der Waals surface area contributed by atoms with Crippen molar-refractivity contribution in [2.45, 2.75) is 50.1 Å². The third-order valence-corrected chi connectivity index (χ3v) is 6.89. The zero-order valence-corrected chi connectivity index (χ0v) is 19.0. The van der Waals surface area contributed by atoms with Crippen LogP contribution in [0.5, 0.6) is 0 Å². The highest BCUT2D eigenvalue weighted by Gasteiger charge is 2.55. The van der Waals surface area contributed by atoms with Crippen molar-refractivity contribution in [1.82, 2.24) is 15.5 Å². The molecule has 0 bridgehead atoms. The van der Waals surface area contributed by atoms with Gasteiger partial charge in [0.05, 0.1) is 5.56 Å². The minimum atomic E-state index is -0.501. The van der Waals surface area contributed by atoms with E-state index in [0.717, 1.165) is 24.8 Å². The first-order valence-electron chi connectivity index (χ1n) is 11.4. The number of hydrogen-bond donors (Lipinski definition) is 2. The molecular weight excluding hydrogens is 405 g/mol. The van der Waals surface area contributed by atoms with Gasteiger partial charge in [0.2, 0.25) is 5.91 Å². The van der Waals surface area contributed by atoms with E-state index in [9.17, 15) is 14.0 Å². The molecule has 0 aromatic heterocycles. The first-order chi connectivity index (χ1) is 15.3. The van der Waals surface area contributed by atoms with E-state index in [1.54, 1.807) is 12.1 Å². The molecule has 3 atom stereocenters. The third-order valence-electron chi connectivity index (χ3n) is 6.89. The van der Waals surface area contributed by atoms with Gasteiger partial charge in [0, 0.05) is 30.0 Å². The number of benzene rings is 2. The van der Waals surface area contributed by atoms with Gasteiger partial charge in [-0.2, -0.15) is 0 Å². The van der Waals surface area contributed by atoms with Crippen molar-refractivity contribution in [1.29, 1.82) is 0 Å². The Morgan fingerprint density at radius 1 is 1.16 bits per heavy atom.